The number of amides is 1. The van der Waals surface area contributed by atoms with Gasteiger partial charge < -0.3 is 9.64 Å². The first-order chi connectivity index (χ1) is 13.1. The minimum Gasteiger partial charge on any atom is -0.457 e. The molecule has 0 bridgehead atoms. The number of hydrogen-bond donors (Lipinski definition) is 0. The van der Waals surface area contributed by atoms with Crippen molar-refractivity contribution in [2.45, 2.75) is 52.6 Å². The van der Waals surface area contributed by atoms with Crippen molar-refractivity contribution in [2.75, 3.05) is 0 Å². The molecule has 3 aromatic rings. The van der Waals surface area contributed by atoms with Crippen LogP contribution in [-0.2, 0) is 0 Å². The molecule has 1 amide bonds. The summed E-state index contributed by atoms with van der Waals surface area (Å²) in [4.78, 5) is 19.6. The first-order valence-corrected chi connectivity index (χ1v) is 9.53. The van der Waals surface area contributed by atoms with Gasteiger partial charge in [0, 0.05) is 34.4 Å². The molecule has 4 heteroatoms. The molecular formula is C24H28N2O2. The van der Waals surface area contributed by atoms with Crippen LogP contribution in [0, 0.1) is 0 Å². The van der Waals surface area contributed by atoms with E-state index in [4.69, 9.17) is 4.74 Å². The van der Waals surface area contributed by atoms with E-state index in [9.17, 15) is 4.79 Å². The Labute approximate surface area is 167 Å². The van der Waals surface area contributed by atoms with Crippen LogP contribution in [0.15, 0.2) is 60.9 Å². The monoisotopic (exact) mass is 376 g/mol. The highest BCUT2D eigenvalue weighted by Gasteiger charge is 2.36. The number of aromatic nitrogens is 1. The summed E-state index contributed by atoms with van der Waals surface area (Å²) in [5.41, 5.74) is 0.0770. The van der Waals surface area contributed by atoms with Crippen molar-refractivity contribution in [1.29, 1.82) is 0 Å². The summed E-state index contributed by atoms with van der Waals surface area (Å²) in [5, 5.41) is 1.80. The molecule has 0 aliphatic rings. The van der Waals surface area contributed by atoms with Crippen LogP contribution < -0.4 is 4.74 Å². The fourth-order valence-electron chi connectivity index (χ4n) is 3.82. The minimum atomic E-state index is -0.303. The van der Waals surface area contributed by atoms with Crippen LogP contribution in [-0.4, -0.2) is 26.9 Å². The second kappa shape index (κ2) is 7.27. The number of carbonyl (C=O) groups excluding carboxylic acids is 1. The summed E-state index contributed by atoms with van der Waals surface area (Å²) in [6, 6.07) is 15.2. The van der Waals surface area contributed by atoms with Crippen LogP contribution in [0.25, 0.3) is 10.8 Å². The Kier molecular flexibility index (Phi) is 5.16. The van der Waals surface area contributed by atoms with Crippen molar-refractivity contribution >= 4 is 16.7 Å². The predicted octanol–water partition coefficient (Wildman–Crippen LogP) is 6.07. The van der Waals surface area contributed by atoms with E-state index in [0.29, 0.717) is 11.3 Å². The van der Waals surface area contributed by atoms with Gasteiger partial charge in [0.05, 0.1) is 0 Å². The number of fused-ring (bicyclic) bond motifs is 1. The van der Waals surface area contributed by atoms with Gasteiger partial charge in [-0.15, -0.1) is 0 Å². The Balaban J connectivity index is 2.11. The Bertz CT molecular complexity index is 969. The summed E-state index contributed by atoms with van der Waals surface area (Å²) in [5.74, 6) is 1.45. The fraction of sp³-hybridized carbons (Fsp3) is 0.333. The van der Waals surface area contributed by atoms with Gasteiger partial charge in [0.15, 0.2) is 0 Å². The molecule has 3 rings (SSSR count). The predicted molar refractivity (Wildman–Crippen MR) is 114 cm³/mol. The van der Waals surface area contributed by atoms with Crippen molar-refractivity contribution in [2.24, 2.45) is 0 Å². The molecule has 1 aromatic heterocycles. The highest BCUT2D eigenvalue weighted by atomic mass is 16.5. The minimum absolute atomic E-state index is 0.0201. The Morgan fingerprint density at radius 2 is 1.39 bits per heavy atom. The van der Waals surface area contributed by atoms with Crippen molar-refractivity contribution < 1.29 is 9.53 Å². The molecule has 0 fully saturated rings. The molecule has 0 N–H and O–H groups in total. The largest absolute Gasteiger partial charge is 0.457 e. The Morgan fingerprint density at radius 1 is 0.821 bits per heavy atom. The second-order valence-corrected chi connectivity index (χ2v) is 8.92. The van der Waals surface area contributed by atoms with Gasteiger partial charge in [0.1, 0.15) is 11.5 Å². The molecule has 146 valence electrons. The van der Waals surface area contributed by atoms with Gasteiger partial charge in [-0.3, -0.25) is 9.78 Å². The fourth-order valence-corrected chi connectivity index (χ4v) is 3.82. The normalized spacial score (nSPS) is 12.1. The zero-order valence-corrected chi connectivity index (χ0v) is 17.5. The summed E-state index contributed by atoms with van der Waals surface area (Å²) in [6.45, 7) is 12.4. The zero-order chi connectivity index (χ0) is 20.5. The maximum absolute atomic E-state index is 13.6. The zero-order valence-electron chi connectivity index (χ0n) is 17.5. The van der Waals surface area contributed by atoms with E-state index < -0.39 is 0 Å². The van der Waals surface area contributed by atoms with E-state index in [-0.39, 0.29) is 17.0 Å². The number of benzene rings is 2. The van der Waals surface area contributed by atoms with Crippen molar-refractivity contribution in [3.8, 4) is 11.5 Å². The number of nitrogens with zero attached hydrogens (tertiary/aromatic N) is 2. The highest BCUT2D eigenvalue weighted by Crippen LogP contribution is 2.35. The van der Waals surface area contributed by atoms with Crippen LogP contribution in [0.4, 0.5) is 0 Å². The molecular weight excluding hydrogens is 348 g/mol. The van der Waals surface area contributed by atoms with E-state index in [1.54, 1.807) is 12.4 Å². The lowest BCUT2D eigenvalue weighted by Crippen LogP contribution is -2.55. The van der Waals surface area contributed by atoms with E-state index >= 15 is 0 Å². The summed E-state index contributed by atoms with van der Waals surface area (Å²) in [7, 11) is 0. The first kappa shape index (κ1) is 19.9. The van der Waals surface area contributed by atoms with Crippen molar-refractivity contribution in [1.82, 2.24) is 9.88 Å². The van der Waals surface area contributed by atoms with Gasteiger partial charge in [-0.2, -0.15) is 0 Å². The lowest BCUT2D eigenvalue weighted by Gasteiger charge is -2.45. The van der Waals surface area contributed by atoms with E-state index in [1.807, 2.05) is 53.4 Å². The summed E-state index contributed by atoms with van der Waals surface area (Å²) >= 11 is 0. The third-order valence-electron chi connectivity index (χ3n) is 4.54. The molecule has 4 nitrogen and oxygen atoms in total. The Morgan fingerprint density at radius 3 is 1.96 bits per heavy atom. The van der Waals surface area contributed by atoms with Crippen molar-refractivity contribution in [3.05, 3.63) is 66.5 Å². The molecule has 0 aliphatic carbocycles. The maximum Gasteiger partial charge on any atom is 0.255 e. The van der Waals surface area contributed by atoms with Crippen LogP contribution in [0.2, 0.25) is 0 Å². The molecule has 0 unspecified atom stereocenters. The number of hydrogen-bond acceptors (Lipinski definition) is 3. The van der Waals surface area contributed by atoms with E-state index in [2.05, 4.69) is 46.5 Å². The molecule has 1 heterocycles. The van der Waals surface area contributed by atoms with Crippen LogP contribution in [0.5, 0.6) is 11.5 Å². The molecule has 0 spiro atoms. The van der Waals surface area contributed by atoms with E-state index in [1.165, 1.54) is 0 Å². The van der Waals surface area contributed by atoms with Gasteiger partial charge in [-0.1, -0.05) is 24.3 Å². The molecule has 0 saturated carbocycles. The van der Waals surface area contributed by atoms with Gasteiger partial charge >= 0.3 is 0 Å². The molecule has 0 atom stereocenters. The number of ether oxygens (including phenoxy) is 1. The number of rotatable bonds is 3. The first-order valence-electron chi connectivity index (χ1n) is 9.53. The van der Waals surface area contributed by atoms with Crippen LogP contribution in [0.1, 0.15) is 51.9 Å². The van der Waals surface area contributed by atoms with E-state index in [0.717, 1.165) is 16.5 Å². The van der Waals surface area contributed by atoms with Crippen molar-refractivity contribution in [3.63, 3.8) is 0 Å². The maximum atomic E-state index is 13.6. The lowest BCUT2D eigenvalue weighted by atomic mass is 9.93. The summed E-state index contributed by atoms with van der Waals surface area (Å²) in [6.07, 6.45) is 3.39. The summed E-state index contributed by atoms with van der Waals surface area (Å²) < 4.78 is 6.06. The average Bonchev–Trinajstić information content (AvgIpc) is 2.60. The molecule has 0 saturated heterocycles. The second-order valence-electron chi connectivity index (χ2n) is 8.92. The number of pyridine rings is 1. The molecule has 0 aliphatic heterocycles. The quantitative estimate of drug-likeness (QED) is 0.557. The smallest absolute Gasteiger partial charge is 0.255 e. The third kappa shape index (κ3) is 4.01. The third-order valence-corrected chi connectivity index (χ3v) is 4.54. The lowest BCUT2D eigenvalue weighted by molar-refractivity contribution is 0.0273. The SMILES string of the molecule is CC(C)(C)N(C(=O)c1ccc(Oc2ccncc2)c2ccccc12)C(C)(C)C. The molecule has 2 aromatic carbocycles. The Hall–Kier alpha value is -2.88. The van der Waals surface area contributed by atoms with Gasteiger partial charge in [0.2, 0.25) is 0 Å². The number of carbonyl (C=O) groups is 1. The molecule has 0 radical (unpaired) electrons. The van der Waals surface area contributed by atoms with Gasteiger partial charge in [-0.05, 0) is 71.2 Å². The standard InChI is InChI=1S/C24H28N2O2/c1-23(2,3)26(24(4,5)6)22(27)20-11-12-21(19-10-8-7-9-18(19)20)28-17-13-15-25-16-14-17/h7-16H,1-6H3. The van der Waals surface area contributed by atoms with Crippen LogP contribution in [0.3, 0.4) is 0 Å². The van der Waals surface area contributed by atoms with Gasteiger partial charge in [-0.25, -0.2) is 0 Å². The highest BCUT2D eigenvalue weighted by molar-refractivity contribution is 6.09. The van der Waals surface area contributed by atoms with Crippen LogP contribution >= 0.6 is 0 Å². The van der Waals surface area contributed by atoms with Gasteiger partial charge in [0.25, 0.3) is 5.91 Å². The topological polar surface area (TPSA) is 42.4 Å². The average molecular weight is 377 g/mol. The molecule has 28 heavy (non-hydrogen) atoms.